The molecule has 5 nitrogen and oxygen atoms in total. The van der Waals surface area contributed by atoms with Crippen molar-refractivity contribution in [3.63, 3.8) is 0 Å². The maximum absolute atomic E-state index is 12.7. The fourth-order valence-electron chi connectivity index (χ4n) is 2.88. The van der Waals surface area contributed by atoms with E-state index < -0.39 is 18.1 Å². The van der Waals surface area contributed by atoms with E-state index >= 15 is 0 Å². The molecule has 0 saturated carbocycles. The molecule has 3 rings (SSSR count). The first-order chi connectivity index (χ1) is 11.6. The molecule has 1 aliphatic heterocycles. The van der Waals surface area contributed by atoms with Crippen molar-refractivity contribution in [1.29, 1.82) is 5.26 Å². The van der Waals surface area contributed by atoms with Crippen LogP contribution in [-0.4, -0.2) is 23.8 Å². The summed E-state index contributed by atoms with van der Waals surface area (Å²) < 4.78 is 5.24. The number of ether oxygens (including phenoxy) is 1. The van der Waals surface area contributed by atoms with Gasteiger partial charge in [0.15, 0.2) is 5.78 Å². The molecule has 120 valence electrons. The number of carbonyl (C=O) groups excluding carboxylic acids is 2. The minimum atomic E-state index is -0.843. The van der Waals surface area contributed by atoms with Crippen molar-refractivity contribution < 1.29 is 14.3 Å². The Morgan fingerprint density at radius 3 is 2.58 bits per heavy atom. The third-order valence-corrected chi connectivity index (χ3v) is 4.21. The molecule has 1 heterocycles. The first-order valence-corrected chi connectivity index (χ1v) is 7.62. The quantitative estimate of drug-likeness (QED) is 0.865. The Morgan fingerprint density at radius 2 is 1.88 bits per heavy atom. The van der Waals surface area contributed by atoms with Crippen LogP contribution < -0.4 is 4.74 Å². The van der Waals surface area contributed by atoms with Gasteiger partial charge in [0, 0.05) is 19.0 Å². The predicted octanol–water partition coefficient (Wildman–Crippen LogP) is 3.44. The largest absolute Gasteiger partial charge is 0.415 e. The van der Waals surface area contributed by atoms with Gasteiger partial charge in [-0.2, -0.15) is 5.26 Å². The smallest absolute Gasteiger partial charge is 0.410 e. The number of nitrogens with zero attached hydrogens (tertiary/aromatic N) is 2. The second-order valence-electron chi connectivity index (χ2n) is 5.68. The van der Waals surface area contributed by atoms with Gasteiger partial charge in [-0.3, -0.25) is 4.79 Å². The molecule has 2 atom stereocenters. The molecule has 2 aromatic rings. The summed E-state index contributed by atoms with van der Waals surface area (Å²) >= 11 is 0. The van der Waals surface area contributed by atoms with Gasteiger partial charge in [-0.25, -0.2) is 4.79 Å². The summed E-state index contributed by atoms with van der Waals surface area (Å²) in [4.78, 5) is 26.1. The highest BCUT2D eigenvalue weighted by Crippen LogP contribution is 2.37. The number of rotatable bonds is 4. The Hall–Kier alpha value is -3.13. The van der Waals surface area contributed by atoms with Crippen molar-refractivity contribution in [3.05, 3.63) is 65.7 Å². The van der Waals surface area contributed by atoms with Crippen LogP contribution in [-0.2, 0) is 4.79 Å². The van der Waals surface area contributed by atoms with E-state index in [2.05, 4.69) is 6.07 Å². The van der Waals surface area contributed by atoms with Gasteiger partial charge < -0.3 is 9.64 Å². The lowest BCUT2D eigenvalue weighted by molar-refractivity contribution is -0.120. The van der Waals surface area contributed by atoms with Gasteiger partial charge in [-0.1, -0.05) is 48.5 Å². The average Bonchev–Trinajstić information content (AvgIpc) is 2.60. The molecule has 2 aromatic carbocycles. The summed E-state index contributed by atoms with van der Waals surface area (Å²) in [5.41, 5.74) is 1.44. The normalized spacial score (nSPS) is 17.4. The van der Waals surface area contributed by atoms with E-state index in [1.54, 1.807) is 43.4 Å². The van der Waals surface area contributed by atoms with Gasteiger partial charge in [-0.05, 0) is 11.6 Å². The van der Waals surface area contributed by atoms with E-state index in [1.807, 2.05) is 18.2 Å². The van der Waals surface area contributed by atoms with Crippen molar-refractivity contribution in [2.75, 3.05) is 7.05 Å². The number of hydrogen-bond acceptors (Lipinski definition) is 4. The summed E-state index contributed by atoms with van der Waals surface area (Å²) in [5.74, 6) is -0.596. The minimum absolute atomic E-state index is 0.0652. The zero-order valence-electron chi connectivity index (χ0n) is 13.2. The van der Waals surface area contributed by atoms with Crippen LogP contribution in [0, 0.1) is 11.3 Å². The molecule has 0 radical (unpaired) electrons. The monoisotopic (exact) mass is 320 g/mol. The van der Waals surface area contributed by atoms with Gasteiger partial charge in [0.25, 0.3) is 0 Å². The topological polar surface area (TPSA) is 70.4 Å². The van der Waals surface area contributed by atoms with Crippen LogP contribution in [0.1, 0.15) is 29.5 Å². The van der Waals surface area contributed by atoms with Crippen molar-refractivity contribution >= 4 is 11.9 Å². The van der Waals surface area contributed by atoms with E-state index in [0.717, 1.165) is 5.56 Å². The van der Waals surface area contributed by atoms with Crippen molar-refractivity contribution in [3.8, 4) is 11.8 Å². The predicted molar refractivity (Wildman–Crippen MR) is 87.4 cm³/mol. The molecule has 0 aliphatic carbocycles. The Labute approximate surface area is 140 Å². The number of para-hydroxylation sites is 1. The van der Waals surface area contributed by atoms with E-state index in [1.165, 1.54) is 4.90 Å². The molecule has 0 spiro atoms. The maximum atomic E-state index is 12.7. The molecule has 0 N–H and O–H groups in total. The van der Waals surface area contributed by atoms with Crippen LogP contribution in [0.3, 0.4) is 0 Å². The number of nitriles is 1. The van der Waals surface area contributed by atoms with Gasteiger partial charge in [0.2, 0.25) is 0 Å². The van der Waals surface area contributed by atoms with Crippen molar-refractivity contribution in [2.24, 2.45) is 0 Å². The van der Waals surface area contributed by atoms with Crippen LogP contribution in [0.15, 0.2) is 54.6 Å². The lowest BCUT2D eigenvalue weighted by atomic mass is 9.89. The molecule has 0 saturated heterocycles. The van der Waals surface area contributed by atoms with Crippen LogP contribution in [0.2, 0.25) is 0 Å². The van der Waals surface area contributed by atoms with Gasteiger partial charge in [-0.15, -0.1) is 0 Å². The molecule has 24 heavy (non-hydrogen) atoms. The fraction of sp³-hybridized carbons (Fsp3) is 0.211. The molecule has 0 bridgehead atoms. The van der Waals surface area contributed by atoms with Crippen LogP contribution in [0.4, 0.5) is 4.79 Å². The summed E-state index contributed by atoms with van der Waals surface area (Å²) in [6.45, 7) is 0. The summed E-state index contributed by atoms with van der Waals surface area (Å²) in [6.07, 6.45) is -0.435. The van der Waals surface area contributed by atoms with E-state index in [0.29, 0.717) is 11.3 Å². The Bertz CT molecular complexity index is 811. The highest BCUT2D eigenvalue weighted by atomic mass is 16.6. The number of fused-ring (bicyclic) bond motifs is 1. The molecular formula is C19H16N2O3. The molecule has 2 unspecified atom stereocenters. The summed E-state index contributed by atoms with van der Waals surface area (Å²) in [6, 6.07) is 17.7. The molecular weight excluding hydrogens is 304 g/mol. The van der Waals surface area contributed by atoms with Gasteiger partial charge in [0.05, 0.1) is 12.1 Å². The van der Waals surface area contributed by atoms with Crippen LogP contribution >= 0.6 is 0 Å². The lowest BCUT2D eigenvalue weighted by Gasteiger charge is -2.33. The maximum Gasteiger partial charge on any atom is 0.415 e. The van der Waals surface area contributed by atoms with Crippen molar-refractivity contribution in [2.45, 2.75) is 18.4 Å². The SMILES string of the molecule is CN1C(=O)Oc2ccccc2C1CC(=O)C(C#N)c1ccccc1. The zero-order valence-corrected chi connectivity index (χ0v) is 13.2. The number of hydrogen-bond donors (Lipinski definition) is 0. The number of amides is 1. The van der Waals surface area contributed by atoms with E-state index in [-0.39, 0.29) is 12.2 Å². The van der Waals surface area contributed by atoms with Crippen molar-refractivity contribution in [1.82, 2.24) is 4.90 Å². The van der Waals surface area contributed by atoms with Crippen LogP contribution in [0.25, 0.3) is 0 Å². The Balaban J connectivity index is 1.88. The average molecular weight is 320 g/mol. The fourth-order valence-corrected chi connectivity index (χ4v) is 2.88. The molecule has 0 fully saturated rings. The van der Waals surface area contributed by atoms with Gasteiger partial charge in [0.1, 0.15) is 11.7 Å². The second-order valence-corrected chi connectivity index (χ2v) is 5.68. The first-order valence-electron chi connectivity index (χ1n) is 7.62. The summed E-state index contributed by atoms with van der Waals surface area (Å²) in [7, 11) is 1.60. The number of carbonyl (C=O) groups is 2. The molecule has 5 heteroatoms. The second kappa shape index (κ2) is 6.55. The Kier molecular flexibility index (Phi) is 4.30. The third kappa shape index (κ3) is 2.86. The molecule has 1 aliphatic rings. The zero-order chi connectivity index (χ0) is 17.1. The Morgan fingerprint density at radius 1 is 1.21 bits per heavy atom. The highest BCUT2D eigenvalue weighted by Gasteiger charge is 2.34. The van der Waals surface area contributed by atoms with Gasteiger partial charge >= 0.3 is 6.09 Å². The minimum Gasteiger partial charge on any atom is -0.410 e. The highest BCUT2D eigenvalue weighted by molar-refractivity contribution is 5.89. The van der Waals surface area contributed by atoms with E-state index in [9.17, 15) is 14.9 Å². The number of Topliss-reactive ketones (excluding diaryl/α,β-unsaturated/α-hetero) is 1. The number of ketones is 1. The lowest BCUT2D eigenvalue weighted by Crippen LogP contribution is -2.39. The number of benzene rings is 2. The van der Waals surface area contributed by atoms with Crippen LogP contribution in [0.5, 0.6) is 5.75 Å². The van der Waals surface area contributed by atoms with E-state index in [4.69, 9.17) is 4.74 Å². The summed E-state index contributed by atoms with van der Waals surface area (Å²) in [5, 5.41) is 9.42. The molecule has 1 amide bonds. The standard InChI is InChI=1S/C19H16N2O3/c1-21-16(14-9-5-6-10-18(14)24-19(21)23)11-17(22)15(12-20)13-7-3-2-4-8-13/h2-10,15-16H,11H2,1H3. The molecule has 0 aromatic heterocycles. The first kappa shape index (κ1) is 15.8. The third-order valence-electron chi connectivity index (χ3n) is 4.21.